The average Bonchev–Trinajstić information content (AvgIpc) is 3.43. The first kappa shape index (κ1) is 35.9. The van der Waals surface area contributed by atoms with Crippen LogP contribution in [0.5, 0.6) is 0 Å². The predicted octanol–water partition coefficient (Wildman–Crippen LogP) is -0.135. The van der Waals surface area contributed by atoms with Crippen molar-refractivity contribution in [1.82, 2.24) is 15.0 Å². The van der Waals surface area contributed by atoms with Crippen LogP contribution in [0, 0.1) is 0 Å². The molecule has 0 bridgehead atoms. The summed E-state index contributed by atoms with van der Waals surface area (Å²) in [6.07, 6.45) is -0.782. The van der Waals surface area contributed by atoms with Crippen molar-refractivity contribution in [3.8, 4) is 0 Å². The molecule has 1 aliphatic rings. The molecule has 4 unspecified atom stereocenters. The molecule has 1 saturated heterocycles. The Kier molecular flexibility index (Phi) is 16.3. The first-order chi connectivity index (χ1) is 20.1. The minimum atomic E-state index is -1.60. The standard InChI is InChI=1S/C26H45N5O10S/c1-3-5-7-9-20(33)39-13-16(40-21(34)10-8-6-4-2)14-42-15-17(27)25(38)28-19-11-31(30-29-19)26-24(37)23(36)22(35)18(12-32)41-26/h11,16-18,22-24,26,32,35-37H,3-10,12-15,27H2,1-2H3,(H,28,38)/t16-,17-,18?,22?,23?,24?,26+/m1/s1. The fraction of sp³-hybridized carbons (Fsp3) is 0.808. The second-order valence-electron chi connectivity index (χ2n) is 10.1. The predicted molar refractivity (Wildman–Crippen MR) is 152 cm³/mol. The summed E-state index contributed by atoms with van der Waals surface area (Å²) in [6, 6.07) is -0.982. The van der Waals surface area contributed by atoms with E-state index in [0.29, 0.717) is 12.8 Å². The molecule has 16 heteroatoms. The van der Waals surface area contributed by atoms with Crippen LogP contribution in [-0.4, -0.2) is 115 Å². The zero-order valence-corrected chi connectivity index (χ0v) is 25.0. The first-order valence-corrected chi connectivity index (χ1v) is 15.5. The molecule has 7 atom stereocenters. The van der Waals surface area contributed by atoms with Gasteiger partial charge in [0.05, 0.1) is 18.8 Å². The summed E-state index contributed by atoms with van der Waals surface area (Å²) in [4.78, 5) is 36.9. The van der Waals surface area contributed by atoms with Gasteiger partial charge < -0.3 is 45.7 Å². The second-order valence-corrected chi connectivity index (χ2v) is 11.2. The highest BCUT2D eigenvalue weighted by atomic mass is 32.2. The van der Waals surface area contributed by atoms with Gasteiger partial charge in [-0.25, -0.2) is 4.68 Å². The Balaban J connectivity index is 1.87. The number of carbonyl (C=O) groups is 3. The number of anilines is 1. The summed E-state index contributed by atoms with van der Waals surface area (Å²) in [7, 11) is 0. The molecule has 240 valence electrons. The molecule has 0 aliphatic carbocycles. The Labute approximate surface area is 249 Å². The van der Waals surface area contributed by atoms with Crippen LogP contribution in [0.3, 0.4) is 0 Å². The van der Waals surface area contributed by atoms with Crippen molar-refractivity contribution in [2.24, 2.45) is 5.73 Å². The number of aliphatic hydroxyl groups is 4. The number of aliphatic hydroxyl groups excluding tert-OH is 4. The minimum absolute atomic E-state index is 0.00807. The summed E-state index contributed by atoms with van der Waals surface area (Å²) < 4.78 is 17.3. The van der Waals surface area contributed by atoms with Crippen molar-refractivity contribution >= 4 is 35.4 Å². The minimum Gasteiger partial charge on any atom is -0.462 e. The molecule has 2 rings (SSSR count). The van der Waals surface area contributed by atoms with E-state index in [0.717, 1.165) is 36.8 Å². The van der Waals surface area contributed by atoms with Crippen LogP contribution in [0.15, 0.2) is 6.20 Å². The highest BCUT2D eigenvalue weighted by Gasteiger charge is 2.44. The molecule has 42 heavy (non-hydrogen) atoms. The number of nitrogens with two attached hydrogens (primary N) is 1. The molecule has 1 aliphatic heterocycles. The van der Waals surface area contributed by atoms with Gasteiger partial charge in [0.15, 0.2) is 12.0 Å². The Morgan fingerprint density at radius 3 is 2.36 bits per heavy atom. The lowest BCUT2D eigenvalue weighted by Crippen LogP contribution is -2.56. The van der Waals surface area contributed by atoms with E-state index < -0.39 is 55.3 Å². The van der Waals surface area contributed by atoms with Crippen molar-refractivity contribution in [3.63, 3.8) is 0 Å². The van der Waals surface area contributed by atoms with Crippen LogP contribution >= 0.6 is 11.8 Å². The number of hydrogen-bond acceptors (Lipinski definition) is 14. The molecule has 1 amide bonds. The number of carbonyl (C=O) groups excluding carboxylic acids is 3. The molecule has 0 spiro atoms. The normalized spacial score (nSPS) is 23.6. The zero-order valence-electron chi connectivity index (χ0n) is 24.2. The molecular formula is C26H45N5O10S. The van der Waals surface area contributed by atoms with E-state index in [4.69, 9.17) is 19.9 Å². The van der Waals surface area contributed by atoms with Crippen molar-refractivity contribution in [2.45, 2.75) is 108 Å². The topological polar surface area (TPSA) is 229 Å². The van der Waals surface area contributed by atoms with E-state index in [9.17, 15) is 34.8 Å². The van der Waals surface area contributed by atoms with Crippen molar-refractivity contribution < 1.29 is 49.0 Å². The summed E-state index contributed by atoms with van der Waals surface area (Å²) in [6.45, 7) is 3.38. The van der Waals surface area contributed by atoms with Crippen LogP contribution in [0.1, 0.15) is 71.4 Å². The molecule has 1 aromatic rings. The summed E-state index contributed by atoms with van der Waals surface area (Å²) in [5.74, 6) is -0.907. The van der Waals surface area contributed by atoms with Gasteiger partial charge in [-0.15, -0.1) is 5.10 Å². The summed E-state index contributed by atoms with van der Waals surface area (Å²) >= 11 is 1.26. The number of nitrogens with one attached hydrogen (secondary N) is 1. The summed E-state index contributed by atoms with van der Waals surface area (Å²) in [5.41, 5.74) is 6.03. The van der Waals surface area contributed by atoms with E-state index in [1.54, 1.807) is 0 Å². The van der Waals surface area contributed by atoms with Gasteiger partial charge in [0.1, 0.15) is 37.1 Å². The summed E-state index contributed by atoms with van der Waals surface area (Å²) in [5, 5.41) is 49.6. The van der Waals surface area contributed by atoms with Gasteiger partial charge in [-0.1, -0.05) is 44.7 Å². The molecule has 1 aromatic heterocycles. The van der Waals surface area contributed by atoms with Crippen LogP contribution < -0.4 is 11.1 Å². The quantitative estimate of drug-likeness (QED) is 0.0875. The molecule has 15 nitrogen and oxygen atoms in total. The monoisotopic (exact) mass is 619 g/mol. The Morgan fingerprint density at radius 1 is 1.05 bits per heavy atom. The van der Waals surface area contributed by atoms with E-state index in [2.05, 4.69) is 15.6 Å². The third-order valence-electron chi connectivity index (χ3n) is 6.52. The van der Waals surface area contributed by atoms with E-state index in [-0.39, 0.29) is 42.3 Å². The lowest BCUT2D eigenvalue weighted by atomic mass is 9.98. The van der Waals surface area contributed by atoms with E-state index in [1.165, 1.54) is 18.0 Å². The van der Waals surface area contributed by atoms with Crippen LogP contribution in [-0.2, 0) is 28.6 Å². The Morgan fingerprint density at radius 2 is 1.71 bits per heavy atom. The number of ether oxygens (including phenoxy) is 3. The number of nitrogens with zero attached hydrogens (tertiary/aromatic N) is 3. The van der Waals surface area contributed by atoms with E-state index >= 15 is 0 Å². The lowest BCUT2D eigenvalue weighted by molar-refractivity contribution is -0.254. The molecule has 2 heterocycles. The fourth-order valence-electron chi connectivity index (χ4n) is 4.04. The van der Waals surface area contributed by atoms with Crippen LogP contribution in [0.4, 0.5) is 5.82 Å². The largest absolute Gasteiger partial charge is 0.462 e. The van der Waals surface area contributed by atoms with Crippen molar-refractivity contribution in [2.75, 3.05) is 30.0 Å². The van der Waals surface area contributed by atoms with Crippen molar-refractivity contribution in [1.29, 1.82) is 0 Å². The number of amides is 1. The maximum Gasteiger partial charge on any atom is 0.306 e. The molecule has 7 N–H and O–H groups in total. The molecule has 0 saturated carbocycles. The number of esters is 2. The third-order valence-corrected chi connectivity index (χ3v) is 7.73. The van der Waals surface area contributed by atoms with Gasteiger partial charge in [-0.05, 0) is 12.8 Å². The van der Waals surface area contributed by atoms with Gasteiger partial charge in [-0.2, -0.15) is 11.8 Å². The number of thioether (sulfide) groups is 1. The van der Waals surface area contributed by atoms with Gasteiger partial charge in [0.25, 0.3) is 0 Å². The van der Waals surface area contributed by atoms with Gasteiger partial charge >= 0.3 is 11.9 Å². The third kappa shape index (κ3) is 11.7. The highest BCUT2D eigenvalue weighted by molar-refractivity contribution is 7.99. The highest BCUT2D eigenvalue weighted by Crippen LogP contribution is 2.28. The maximum atomic E-state index is 12.6. The average molecular weight is 620 g/mol. The Hall–Kier alpha value is -2.34. The molecular weight excluding hydrogens is 574 g/mol. The van der Waals surface area contributed by atoms with Gasteiger partial charge in [0, 0.05) is 24.3 Å². The van der Waals surface area contributed by atoms with E-state index in [1.807, 2.05) is 13.8 Å². The van der Waals surface area contributed by atoms with Crippen LogP contribution in [0.2, 0.25) is 0 Å². The smallest absolute Gasteiger partial charge is 0.306 e. The zero-order chi connectivity index (χ0) is 31.1. The second kappa shape index (κ2) is 19.0. The molecule has 0 aromatic carbocycles. The lowest BCUT2D eigenvalue weighted by Gasteiger charge is -2.39. The molecule has 0 radical (unpaired) electrons. The maximum absolute atomic E-state index is 12.6. The van der Waals surface area contributed by atoms with Crippen LogP contribution in [0.25, 0.3) is 0 Å². The SMILES string of the molecule is CCCCCC(=O)OC[C@H](CSC[C@@H](N)C(=O)Nc1cn([C@H]2OC(CO)C(O)C(O)C2O)nn1)OC(=O)CCCCC. The van der Waals surface area contributed by atoms with Gasteiger partial charge in [-0.3, -0.25) is 14.4 Å². The number of unbranched alkanes of at least 4 members (excludes halogenated alkanes) is 4. The first-order valence-electron chi connectivity index (χ1n) is 14.3. The number of aromatic nitrogens is 3. The molecule has 1 fully saturated rings. The fourth-order valence-corrected chi connectivity index (χ4v) is 5.01. The number of hydrogen-bond donors (Lipinski definition) is 6. The van der Waals surface area contributed by atoms with Crippen molar-refractivity contribution in [3.05, 3.63) is 6.20 Å². The Bertz CT molecular complexity index is 968. The number of rotatable bonds is 19. The van der Waals surface area contributed by atoms with Gasteiger partial charge in [0.2, 0.25) is 5.91 Å².